The molecule has 1 atom stereocenters. The lowest BCUT2D eigenvalue weighted by molar-refractivity contribution is -0.151. The second kappa shape index (κ2) is 10.3. The van der Waals surface area contributed by atoms with E-state index in [0.29, 0.717) is 5.56 Å². The van der Waals surface area contributed by atoms with Crippen LogP contribution in [-0.4, -0.2) is 54.3 Å². The van der Waals surface area contributed by atoms with Crippen molar-refractivity contribution in [2.75, 3.05) is 19.0 Å². The van der Waals surface area contributed by atoms with Crippen LogP contribution in [0.5, 0.6) is 0 Å². The van der Waals surface area contributed by atoms with Gasteiger partial charge in [0.15, 0.2) is 6.61 Å². The maximum absolute atomic E-state index is 13.1. The molecule has 4 rings (SSSR count). The third kappa shape index (κ3) is 4.97. The number of hydrogen-bond acceptors (Lipinski definition) is 8. The van der Waals surface area contributed by atoms with Gasteiger partial charge in [0.05, 0.1) is 23.9 Å². The molecule has 3 aromatic rings. The lowest BCUT2D eigenvalue weighted by Crippen LogP contribution is -2.47. The van der Waals surface area contributed by atoms with E-state index in [1.54, 1.807) is 47.8 Å². The number of carbonyl (C=O) groups is 5. The number of nitrogens with one attached hydrogen (secondary N) is 1. The molecule has 0 bridgehead atoms. The van der Waals surface area contributed by atoms with Crippen LogP contribution in [-0.2, 0) is 25.5 Å². The summed E-state index contributed by atoms with van der Waals surface area (Å²) in [6, 6.07) is 15.4. The summed E-state index contributed by atoms with van der Waals surface area (Å²) in [7, 11) is 1.22. The molecule has 0 saturated heterocycles. The fourth-order valence-electron chi connectivity index (χ4n) is 3.69. The predicted molar refractivity (Wildman–Crippen MR) is 126 cm³/mol. The summed E-state index contributed by atoms with van der Waals surface area (Å²) in [6.45, 7) is -0.677. The van der Waals surface area contributed by atoms with Crippen LogP contribution in [0.15, 0.2) is 66.0 Å². The Labute approximate surface area is 204 Å². The fourth-order valence-corrected chi connectivity index (χ4v) is 4.45. The van der Waals surface area contributed by atoms with Crippen molar-refractivity contribution in [3.63, 3.8) is 0 Å². The number of methoxy groups -OCH3 is 1. The molecular formula is C25H20N2O7S. The molecule has 178 valence electrons. The average molecular weight is 493 g/mol. The second-order valence-electron chi connectivity index (χ2n) is 7.54. The van der Waals surface area contributed by atoms with Crippen molar-refractivity contribution in [2.45, 2.75) is 12.5 Å². The van der Waals surface area contributed by atoms with Crippen LogP contribution in [0.4, 0.5) is 5.69 Å². The van der Waals surface area contributed by atoms with Crippen molar-refractivity contribution in [3.05, 3.63) is 87.6 Å². The van der Waals surface area contributed by atoms with Crippen molar-refractivity contribution in [2.24, 2.45) is 0 Å². The van der Waals surface area contributed by atoms with Gasteiger partial charge in [0.25, 0.3) is 17.7 Å². The highest BCUT2D eigenvalue weighted by Gasteiger charge is 2.43. The van der Waals surface area contributed by atoms with E-state index in [9.17, 15) is 24.0 Å². The van der Waals surface area contributed by atoms with Gasteiger partial charge in [-0.1, -0.05) is 42.5 Å². The van der Waals surface area contributed by atoms with Crippen LogP contribution in [0.2, 0.25) is 0 Å². The first-order valence-electron chi connectivity index (χ1n) is 10.5. The van der Waals surface area contributed by atoms with Crippen molar-refractivity contribution >= 4 is 46.7 Å². The van der Waals surface area contributed by atoms with Crippen molar-refractivity contribution < 1.29 is 33.4 Å². The molecule has 9 nitrogen and oxygen atoms in total. The molecule has 1 N–H and O–H groups in total. The first-order chi connectivity index (χ1) is 16.9. The third-order valence-corrected chi connectivity index (χ3v) is 6.23. The SMILES string of the molecule is COC(=O)c1sccc1NC(=O)COC(=O)[C@H](Cc1ccccc1)N1C(=O)c2ccccc2C1=O. The number of nitrogens with zero attached hydrogens (tertiary/aromatic N) is 1. The number of anilines is 1. The molecule has 10 heteroatoms. The Morgan fingerprint density at radius 1 is 0.943 bits per heavy atom. The minimum Gasteiger partial charge on any atom is -0.465 e. The molecule has 35 heavy (non-hydrogen) atoms. The Morgan fingerprint density at radius 3 is 2.20 bits per heavy atom. The summed E-state index contributed by atoms with van der Waals surface area (Å²) in [5.41, 5.74) is 1.34. The van der Waals surface area contributed by atoms with E-state index in [1.807, 2.05) is 0 Å². The zero-order valence-corrected chi connectivity index (χ0v) is 19.4. The highest BCUT2D eigenvalue weighted by atomic mass is 32.1. The lowest BCUT2D eigenvalue weighted by Gasteiger charge is -2.24. The Bertz CT molecular complexity index is 1270. The third-order valence-electron chi connectivity index (χ3n) is 5.34. The number of esters is 2. The van der Waals surface area contributed by atoms with Gasteiger partial charge in [-0.2, -0.15) is 0 Å². The van der Waals surface area contributed by atoms with Gasteiger partial charge in [-0.3, -0.25) is 19.3 Å². The van der Waals surface area contributed by atoms with Crippen LogP contribution in [0.25, 0.3) is 0 Å². The van der Waals surface area contributed by atoms with E-state index in [-0.39, 0.29) is 28.1 Å². The highest BCUT2D eigenvalue weighted by Crippen LogP contribution is 2.27. The van der Waals surface area contributed by atoms with Gasteiger partial charge < -0.3 is 14.8 Å². The largest absolute Gasteiger partial charge is 0.465 e. The van der Waals surface area contributed by atoms with Crippen LogP contribution >= 0.6 is 11.3 Å². The zero-order valence-electron chi connectivity index (χ0n) is 18.6. The van der Waals surface area contributed by atoms with Crippen molar-refractivity contribution in [1.29, 1.82) is 0 Å². The number of hydrogen-bond donors (Lipinski definition) is 1. The summed E-state index contributed by atoms with van der Waals surface area (Å²) >= 11 is 1.09. The molecule has 0 spiro atoms. The number of rotatable bonds is 8. The lowest BCUT2D eigenvalue weighted by atomic mass is 10.0. The van der Waals surface area contributed by atoms with Crippen LogP contribution in [0.1, 0.15) is 36.0 Å². The van der Waals surface area contributed by atoms with E-state index in [0.717, 1.165) is 16.2 Å². The molecule has 0 radical (unpaired) electrons. The standard InChI is InChI=1S/C25H20N2O7S/c1-33-25(32)21-18(11-12-35-21)26-20(28)14-34-24(31)19(13-15-7-3-2-4-8-15)27-22(29)16-9-5-6-10-17(16)23(27)30/h2-12,19H,13-14H2,1H3,(H,26,28)/t19-/m0/s1. The van der Waals surface area contributed by atoms with E-state index in [1.165, 1.54) is 25.3 Å². The molecule has 3 amide bonds. The van der Waals surface area contributed by atoms with Crippen molar-refractivity contribution in [3.8, 4) is 0 Å². The summed E-state index contributed by atoms with van der Waals surface area (Å²) in [5, 5.41) is 4.10. The fraction of sp³-hybridized carbons (Fsp3) is 0.160. The van der Waals surface area contributed by atoms with Gasteiger partial charge in [-0.15, -0.1) is 11.3 Å². The van der Waals surface area contributed by atoms with E-state index in [4.69, 9.17) is 4.74 Å². The minimum atomic E-state index is -1.27. The van der Waals surface area contributed by atoms with Gasteiger partial charge in [-0.05, 0) is 29.1 Å². The van der Waals surface area contributed by atoms with E-state index >= 15 is 0 Å². The normalized spacial score (nSPS) is 13.2. The van der Waals surface area contributed by atoms with E-state index in [2.05, 4.69) is 10.1 Å². The molecule has 1 aliphatic rings. The van der Waals surface area contributed by atoms with Gasteiger partial charge in [0.1, 0.15) is 10.9 Å². The molecule has 1 aliphatic heterocycles. The number of carbonyl (C=O) groups excluding carboxylic acids is 5. The maximum Gasteiger partial charge on any atom is 0.350 e. The molecule has 2 heterocycles. The van der Waals surface area contributed by atoms with Gasteiger partial charge in [0, 0.05) is 6.42 Å². The Morgan fingerprint density at radius 2 is 1.57 bits per heavy atom. The number of ether oxygens (including phenoxy) is 2. The Hall–Kier alpha value is -4.31. The van der Waals surface area contributed by atoms with Gasteiger partial charge in [-0.25, -0.2) is 9.59 Å². The summed E-state index contributed by atoms with van der Waals surface area (Å²) < 4.78 is 9.88. The molecule has 0 saturated carbocycles. The van der Waals surface area contributed by atoms with Crippen molar-refractivity contribution in [1.82, 2.24) is 4.90 Å². The smallest absolute Gasteiger partial charge is 0.350 e. The monoisotopic (exact) mass is 492 g/mol. The maximum atomic E-state index is 13.1. The number of amides is 3. The molecule has 0 fully saturated rings. The van der Waals surface area contributed by atoms with Crippen LogP contribution in [0.3, 0.4) is 0 Å². The van der Waals surface area contributed by atoms with Gasteiger partial charge >= 0.3 is 11.9 Å². The molecule has 2 aromatic carbocycles. The van der Waals surface area contributed by atoms with Crippen LogP contribution < -0.4 is 5.32 Å². The predicted octanol–water partition coefficient (Wildman–Crippen LogP) is 2.92. The topological polar surface area (TPSA) is 119 Å². The number of benzene rings is 2. The Balaban J connectivity index is 1.50. The molecule has 0 unspecified atom stereocenters. The number of imide groups is 1. The quantitative estimate of drug-likeness (QED) is 0.379. The Kier molecular flexibility index (Phi) is 7.02. The first-order valence-corrected chi connectivity index (χ1v) is 11.4. The molecule has 1 aromatic heterocycles. The number of thiophene rings is 1. The number of fused-ring (bicyclic) bond motifs is 1. The summed E-state index contributed by atoms with van der Waals surface area (Å²) in [5.74, 6) is -3.41. The zero-order chi connectivity index (χ0) is 24.9. The highest BCUT2D eigenvalue weighted by molar-refractivity contribution is 7.12. The molecule has 0 aliphatic carbocycles. The summed E-state index contributed by atoms with van der Waals surface area (Å²) in [6.07, 6.45) is 0.0176. The summed E-state index contributed by atoms with van der Waals surface area (Å²) in [4.78, 5) is 64.4. The second-order valence-corrected chi connectivity index (χ2v) is 8.46. The van der Waals surface area contributed by atoms with Crippen LogP contribution in [0, 0.1) is 0 Å². The van der Waals surface area contributed by atoms with Gasteiger partial charge in [0.2, 0.25) is 0 Å². The minimum absolute atomic E-state index is 0.0176. The first kappa shape index (κ1) is 23.8. The molecular weight excluding hydrogens is 472 g/mol. The van der Waals surface area contributed by atoms with E-state index < -0.39 is 42.3 Å². The average Bonchev–Trinajstić information content (AvgIpc) is 3.43.